The van der Waals surface area contributed by atoms with E-state index < -0.39 is 0 Å². The highest BCUT2D eigenvalue weighted by Crippen LogP contribution is 2.26. The van der Waals surface area contributed by atoms with Crippen molar-refractivity contribution >= 4 is 5.96 Å². The van der Waals surface area contributed by atoms with Crippen LogP contribution in [0, 0.1) is 0 Å². The first-order valence-corrected chi connectivity index (χ1v) is 10.6. The average Bonchev–Trinajstić information content (AvgIpc) is 3.39. The molecule has 2 aromatic rings. The smallest absolute Gasteiger partial charge is 0.193 e. The van der Waals surface area contributed by atoms with Gasteiger partial charge in [0.15, 0.2) is 5.96 Å². The molecular weight excluding hydrogens is 352 g/mol. The summed E-state index contributed by atoms with van der Waals surface area (Å²) in [5, 5.41) is 16.7. The Morgan fingerprint density at radius 2 is 2.18 bits per heavy atom. The minimum atomic E-state index is 0.540. The van der Waals surface area contributed by atoms with Gasteiger partial charge in [-0.15, -0.1) is 10.2 Å². The van der Waals surface area contributed by atoms with Crippen LogP contribution in [0.4, 0.5) is 0 Å². The molecule has 0 amide bonds. The van der Waals surface area contributed by atoms with Crippen LogP contribution in [0.25, 0.3) is 0 Å². The Balaban J connectivity index is 1.25. The van der Waals surface area contributed by atoms with Gasteiger partial charge in [-0.25, -0.2) is 0 Å². The molecule has 1 unspecified atom stereocenters. The fourth-order valence-electron chi connectivity index (χ4n) is 4.38. The fraction of sp³-hybridized carbons (Fsp3) is 0.700. The minimum Gasteiger partial charge on any atom is -0.356 e. The molecule has 8 nitrogen and oxygen atoms in total. The molecule has 8 heteroatoms. The maximum Gasteiger partial charge on any atom is 0.193 e. The van der Waals surface area contributed by atoms with Crippen LogP contribution in [0.15, 0.2) is 17.4 Å². The third-order valence-electron chi connectivity index (χ3n) is 5.94. The predicted octanol–water partition coefficient (Wildman–Crippen LogP) is 1.74. The van der Waals surface area contributed by atoms with Gasteiger partial charge in [0.05, 0.1) is 6.20 Å². The summed E-state index contributed by atoms with van der Waals surface area (Å²) in [5.41, 5.74) is 1.33. The highest BCUT2D eigenvalue weighted by atomic mass is 15.3. The molecule has 28 heavy (non-hydrogen) atoms. The van der Waals surface area contributed by atoms with Gasteiger partial charge in [-0.2, -0.15) is 5.10 Å². The van der Waals surface area contributed by atoms with E-state index in [1.807, 2.05) is 25.0 Å². The highest BCUT2D eigenvalue weighted by Gasteiger charge is 2.26. The van der Waals surface area contributed by atoms with Gasteiger partial charge in [0.2, 0.25) is 0 Å². The van der Waals surface area contributed by atoms with Gasteiger partial charge in [0.1, 0.15) is 11.6 Å². The molecule has 0 radical (unpaired) electrons. The second-order valence-corrected chi connectivity index (χ2v) is 7.95. The number of likely N-dealkylation sites (tertiary alicyclic amines) is 1. The number of rotatable bonds is 5. The summed E-state index contributed by atoms with van der Waals surface area (Å²) in [6.45, 7) is 4.03. The maximum atomic E-state index is 4.50. The van der Waals surface area contributed by atoms with Crippen molar-refractivity contribution in [3.8, 4) is 0 Å². The van der Waals surface area contributed by atoms with Crippen molar-refractivity contribution in [3.63, 3.8) is 0 Å². The second kappa shape index (κ2) is 8.75. The third-order valence-corrected chi connectivity index (χ3v) is 5.94. The normalized spacial score (nSPS) is 20.3. The summed E-state index contributed by atoms with van der Waals surface area (Å²) in [7, 11) is 3.85. The number of aromatic nitrogens is 5. The van der Waals surface area contributed by atoms with Crippen LogP contribution < -0.4 is 5.32 Å². The van der Waals surface area contributed by atoms with Crippen LogP contribution in [0.5, 0.6) is 0 Å². The standard InChI is InChI=1S/C20H32N8/c1-21-20(27-12-9-16(15-27)17-13-23-26(2)14-17)22-10-6-8-19-25-24-18-7-4-3-5-11-28(18)19/h13-14,16H,3-12,15H2,1-2H3,(H,21,22). The van der Waals surface area contributed by atoms with E-state index >= 15 is 0 Å². The van der Waals surface area contributed by atoms with E-state index in [-0.39, 0.29) is 0 Å². The maximum absolute atomic E-state index is 4.50. The lowest BCUT2D eigenvalue weighted by molar-refractivity contribution is 0.484. The predicted molar refractivity (Wildman–Crippen MR) is 109 cm³/mol. The Labute approximate surface area is 167 Å². The average molecular weight is 385 g/mol. The van der Waals surface area contributed by atoms with E-state index in [4.69, 9.17) is 0 Å². The summed E-state index contributed by atoms with van der Waals surface area (Å²) in [4.78, 5) is 6.86. The minimum absolute atomic E-state index is 0.540. The number of nitrogens with zero attached hydrogens (tertiary/aromatic N) is 7. The molecule has 0 bridgehead atoms. The Bertz CT molecular complexity index is 805. The summed E-state index contributed by atoms with van der Waals surface area (Å²) >= 11 is 0. The van der Waals surface area contributed by atoms with Gasteiger partial charge in [-0.1, -0.05) is 6.42 Å². The van der Waals surface area contributed by atoms with E-state index in [1.165, 1.54) is 30.7 Å². The number of nitrogens with one attached hydrogen (secondary N) is 1. The Morgan fingerprint density at radius 1 is 1.25 bits per heavy atom. The number of hydrogen-bond donors (Lipinski definition) is 1. The molecule has 2 aliphatic rings. The molecule has 1 N–H and O–H groups in total. The molecule has 1 fully saturated rings. The molecule has 0 saturated carbocycles. The lowest BCUT2D eigenvalue weighted by Crippen LogP contribution is -2.40. The first kappa shape index (κ1) is 19.0. The van der Waals surface area contributed by atoms with Crippen LogP contribution in [0.1, 0.15) is 55.2 Å². The van der Waals surface area contributed by atoms with Gasteiger partial charge in [0.25, 0.3) is 0 Å². The lowest BCUT2D eigenvalue weighted by Gasteiger charge is -2.21. The van der Waals surface area contributed by atoms with Crippen LogP contribution in [0.3, 0.4) is 0 Å². The number of aryl methyl sites for hydroxylation is 3. The number of hydrogen-bond acceptors (Lipinski definition) is 4. The van der Waals surface area contributed by atoms with E-state index in [2.05, 4.69) is 41.3 Å². The van der Waals surface area contributed by atoms with Gasteiger partial charge in [0, 0.05) is 65.2 Å². The van der Waals surface area contributed by atoms with Crippen molar-refractivity contribution in [1.29, 1.82) is 0 Å². The van der Waals surface area contributed by atoms with Crippen molar-refractivity contribution in [2.24, 2.45) is 12.0 Å². The van der Waals surface area contributed by atoms with E-state index in [0.717, 1.165) is 63.6 Å². The van der Waals surface area contributed by atoms with Crippen molar-refractivity contribution in [2.45, 2.75) is 57.4 Å². The molecule has 152 valence electrons. The molecule has 0 spiro atoms. The highest BCUT2D eigenvalue weighted by molar-refractivity contribution is 5.80. The summed E-state index contributed by atoms with van der Waals surface area (Å²) in [5.74, 6) is 3.87. The van der Waals surface area contributed by atoms with Crippen molar-refractivity contribution < 1.29 is 0 Å². The Kier molecular flexibility index (Phi) is 5.92. The topological polar surface area (TPSA) is 76.2 Å². The second-order valence-electron chi connectivity index (χ2n) is 7.95. The van der Waals surface area contributed by atoms with Crippen LogP contribution in [0.2, 0.25) is 0 Å². The van der Waals surface area contributed by atoms with E-state index in [9.17, 15) is 0 Å². The van der Waals surface area contributed by atoms with Crippen molar-refractivity contribution in [3.05, 3.63) is 29.6 Å². The van der Waals surface area contributed by atoms with Crippen LogP contribution in [-0.4, -0.2) is 62.1 Å². The summed E-state index contributed by atoms with van der Waals surface area (Å²) in [6.07, 6.45) is 12.1. The van der Waals surface area contributed by atoms with Crippen LogP contribution >= 0.6 is 0 Å². The molecule has 1 atom stereocenters. The van der Waals surface area contributed by atoms with Gasteiger partial charge >= 0.3 is 0 Å². The summed E-state index contributed by atoms with van der Waals surface area (Å²) in [6, 6.07) is 0. The third kappa shape index (κ3) is 4.20. The molecule has 0 aromatic carbocycles. The number of fused-ring (bicyclic) bond motifs is 1. The van der Waals surface area contributed by atoms with Gasteiger partial charge in [-0.3, -0.25) is 9.67 Å². The lowest BCUT2D eigenvalue weighted by atomic mass is 10.0. The van der Waals surface area contributed by atoms with Gasteiger partial charge < -0.3 is 14.8 Å². The summed E-state index contributed by atoms with van der Waals surface area (Å²) < 4.78 is 4.23. The van der Waals surface area contributed by atoms with Gasteiger partial charge in [-0.05, 0) is 31.2 Å². The molecular formula is C20H32N8. The first-order valence-electron chi connectivity index (χ1n) is 10.6. The van der Waals surface area contributed by atoms with Crippen molar-refractivity contribution in [1.82, 2.24) is 34.8 Å². The zero-order valence-electron chi connectivity index (χ0n) is 17.1. The number of guanidine groups is 1. The van der Waals surface area contributed by atoms with Crippen molar-refractivity contribution in [2.75, 3.05) is 26.7 Å². The Hall–Kier alpha value is -2.38. The monoisotopic (exact) mass is 384 g/mol. The Morgan fingerprint density at radius 3 is 3.00 bits per heavy atom. The van der Waals surface area contributed by atoms with Crippen LogP contribution in [-0.2, 0) is 26.4 Å². The molecule has 2 aliphatic heterocycles. The zero-order valence-corrected chi connectivity index (χ0v) is 17.1. The molecule has 0 aliphatic carbocycles. The zero-order chi connectivity index (χ0) is 19.3. The van der Waals surface area contributed by atoms with E-state index in [0.29, 0.717) is 5.92 Å². The quantitative estimate of drug-likeness (QED) is 0.483. The SMILES string of the molecule is CN=C(NCCCc1nnc2n1CCCCC2)N1CCC(c2cnn(C)c2)C1. The largest absolute Gasteiger partial charge is 0.356 e. The molecule has 4 rings (SSSR count). The molecule has 2 aromatic heterocycles. The molecule has 1 saturated heterocycles. The fourth-order valence-corrected chi connectivity index (χ4v) is 4.38. The first-order chi connectivity index (χ1) is 13.7. The number of aliphatic imine (C=N–C) groups is 1. The molecule has 4 heterocycles. The van der Waals surface area contributed by atoms with E-state index in [1.54, 1.807) is 0 Å².